The highest BCUT2D eigenvalue weighted by atomic mass is 127. The number of halogens is 2. The van der Waals surface area contributed by atoms with Crippen molar-refractivity contribution in [1.82, 2.24) is 24.4 Å². The summed E-state index contributed by atoms with van der Waals surface area (Å²) in [6.07, 6.45) is 2.03. The molecule has 0 aliphatic carbocycles. The molecule has 1 saturated heterocycles. The Morgan fingerprint density at radius 2 is 2.06 bits per heavy atom. The van der Waals surface area contributed by atoms with E-state index in [-0.39, 0.29) is 11.6 Å². The van der Waals surface area contributed by atoms with E-state index in [1.165, 1.54) is 5.56 Å². The topological polar surface area (TPSA) is 99.2 Å². The van der Waals surface area contributed by atoms with Gasteiger partial charge in [-0.15, -0.1) is 0 Å². The number of anilines is 1. The van der Waals surface area contributed by atoms with E-state index in [1.807, 2.05) is 4.57 Å². The average Bonchev–Trinajstić information content (AvgIpc) is 3.42. The summed E-state index contributed by atoms with van der Waals surface area (Å²) in [5.41, 5.74) is 9.12. The Kier molecular flexibility index (Phi) is 5.51. The number of ether oxygens (including phenoxy) is 1. The zero-order valence-corrected chi connectivity index (χ0v) is 19.1. The third kappa shape index (κ3) is 4.10. The number of rotatable bonds is 6. The van der Waals surface area contributed by atoms with Crippen LogP contribution in [0.3, 0.4) is 0 Å². The highest BCUT2D eigenvalue weighted by molar-refractivity contribution is 14.1. The number of Topliss-reactive ketones (excluding diaryl/α,β-unsaturated/α-hetero) is 1. The first-order chi connectivity index (χ1) is 15.0. The largest absolute Gasteiger partial charge is 0.493 e. The van der Waals surface area contributed by atoms with Crippen LogP contribution in [0.1, 0.15) is 29.8 Å². The molecule has 0 amide bonds. The molecule has 8 nitrogen and oxygen atoms in total. The van der Waals surface area contributed by atoms with Gasteiger partial charge < -0.3 is 15.0 Å². The molecule has 0 bridgehead atoms. The predicted octanol–water partition coefficient (Wildman–Crippen LogP) is 2.34. The normalized spacial score (nSPS) is 16.3. The van der Waals surface area contributed by atoms with Gasteiger partial charge in [-0.25, -0.2) is 4.98 Å². The molecular formula is C21H22FIN6O2. The second kappa shape index (κ2) is 8.30. The van der Waals surface area contributed by atoms with E-state index in [4.69, 9.17) is 10.5 Å². The van der Waals surface area contributed by atoms with Crippen LogP contribution in [0, 0.1) is 9.65 Å². The lowest BCUT2D eigenvalue weighted by molar-refractivity contribution is -0.116. The summed E-state index contributed by atoms with van der Waals surface area (Å²) in [5, 5.41) is 0. The van der Waals surface area contributed by atoms with Crippen molar-refractivity contribution in [3.63, 3.8) is 0 Å². The molecule has 0 atom stereocenters. The van der Waals surface area contributed by atoms with Gasteiger partial charge in [-0.2, -0.15) is 14.4 Å². The van der Waals surface area contributed by atoms with Crippen molar-refractivity contribution in [3.05, 3.63) is 38.7 Å². The number of hydrogen-bond donors (Lipinski definition) is 1. The Bertz CT molecular complexity index is 1180. The molecule has 0 unspecified atom stereocenters. The van der Waals surface area contributed by atoms with Gasteiger partial charge in [-0.1, -0.05) is 6.07 Å². The van der Waals surface area contributed by atoms with Crippen LogP contribution in [0.2, 0.25) is 0 Å². The van der Waals surface area contributed by atoms with Crippen LogP contribution < -0.4 is 10.5 Å². The fourth-order valence-electron chi connectivity index (χ4n) is 4.30. The first-order valence-corrected chi connectivity index (χ1v) is 11.4. The zero-order chi connectivity index (χ0) is 21.5. The summed E-state index contributed by atoms with van der Waals surface area (Å²) < 4.78 is 22.6. The zero-order valence-electron chi connectivity index (χ0n) is 16.9. The van der Waals surface area contributed by atoms with E-state index in [0.717, 1.165) is 46.6 Å². The number of benzene rings is 1. The van der Waals surface area contributed by atoms with Crippen LogP contribution in [0.15, 0.2) is 12.1 Å². The van der Waals surface area contributed by atoms with Gasteiger partial charge in [-0.05, 0) is 46.2 Å². The third-order valence-electron chi connectivity index (χ3n) is 5.84. The van der Waals surface area contributed by atoms with Crippen molar-refractivity contribution < 1.29 is 13.9 Å². The number of hydrogen-bond acceptors (Lipinski definition) is 7. The molecule has 0 radical (unpaired) electrons. The SMILES string of the molecule is Nc1nc(F)nc2c1nc(Cc1cc3c(cc1I)OCC3)n2CCCN1CCC(=O)C1. The van der Waals surface area contributed by atoms with Crippen molar-refractivity contribution in [2.45, 2.75) is 32.2 Å². The molecule has 2 aromatic heterocycles. The van der Waals surface area contributed by atoms with Crippen molar-refractivity contribution in [2.24, 2.45) is 0 Å². The number of imidazole rings is 1. The molecule has 0 spiro atoms. The standard InChI is InChI=1S/C21H22FIN6O2/c22-21-26-19(24)18-20(27-21)29(5-1-4-28-6-2-14(30)11-28)17(25-18)9-13-8-12-3-7-31-16(12)10-15(13)23/h8,10H,1-7,9,11H2,(H2,24,26,27). The lowest BCUT2D eigenvalue weighted by Crippen LogP contribution is -2.23. The molecule has 2 N–H and O–H groups in total. The fraction of sp³-hybridized carbons (Fsp3) is 0.429. The molecule has 5 rings (SSSR count). The maximum Gasteiger partial charge on any atom is 0.312 e. The molecular weight excluding hydrogens is 514 g/mol. The molecule has 1 fully saturated rings. The number of aromatic nitrogens is 4. The van der Waals surface area contributed by atoms with E-state index in [9.17, 15) is 9.18 Å². The van der Waals surface area contributed by atoms with Crippen molar-refractivity contribution >= 4 is 45.4 Å². The first-order valence-electron chi connectivity index (χ1n) is 10.3. The Morgan fingerprint density at radius 3 is 2.87 bits per heavy atom. The summed E-state index contributed by atoms with van der Waals surface area (Å²) in [7, 11) is 0. The van der Waals surface area contributed by atoms with Gasteiger partial charge in [0.15, 0.2) is 17.0 Å². The molecule has 0 saturated carbocycles. The van der Waals surface area contributed by atoms with Crippen LogP contribution in [0.25, 0.3) is 11.2 Å². The fourth-order valence-corrected chi connectivity index (χ4v) is 4.93. The molecule has 31 heavy (non-hydrogen) atoms. The Hall–Kier alpha value is -2.34. The third-order valence-corrected chi connectivity index (χ3v) is 6.85. The minimum absolute atomic E-state index is 0.0460. The minimum atomic E-state index is -0.855. The number of carbonyl (C=O) groups is 1. The lowest BCUT2D eigenvalue weighted by atomic mass is 10.1. The van der Waals surface area contributed by atoms with Crippen LogP contribution in [-0.2, 0) is 24.2 Å². The van der Waals surface area contributed by atoms with Gasteiger partial charge in [-0.3, -0.25) is 9.69 Å². The highest BCUT2D eigenvalue weighted by Gasteiger charge is 2.22. The number of carbonyl (C=O) groups excluding carboxylic acids is 1. The molecule has 1 aromatic carbocycles. The number of ketones is 1. The quantitative estimate of drug-likeness (QED) is 0.382. The van der Waals surface area contributed by atoms with Crippen LogP contribution >= 0.6 is 22.6 Å². The van der Waals surface area contributed by atoms with Crippen molar-refractivity contribution in [2.75, 3.05) is 32.0 Å². The number of nitrogens with zero attached hydrogens (tertiary/aromatic N) is 5. The number of aryl methyl sites for hydroxylation is 1. The van der Waals surface area contributed by atoms with Gasteiger partial charge in [0.1, 0.15) is 17.4 Å². The number of fused-ring (bicyclic) bond motifs is 2. The van der Waals surface area contributed by atoms with Gasteiger partial charge in [0.25, 0.3) is 0 Å². The molecule has 2 aliphatic heterocycles. The maximum atomic E-state index is 13.9. The Morgan fingerprint density at radius 1 is 1.19 bits per heavy atom. The number of likely N-dealkylation sites (tertiary alicyclic amines) is 1. The molecule has 10 heteroatoms. The van der Waals surface area contributed by atoms with Gasteiger partial charge in [0.05, 0.1) is 13.2 Å². The number of nitrogen functional groups attached to an aromatic ring is 1. The van der Waals surface area contributed by atoms with Gasteiger partial charge in [0, 0.05) is 42.5 Å². The molecule has 2 aliphatic rings. The summed E-state index contributed by atoms with van der Waals surface area (Å²) >= 11 is 2.31. The van der Waals surface area contributed by atoms with Gasteiger partial charge >= 0.3 is 6.08 Å². The monoisotopic (exact) mass is 536 g/mol. The first kappa shape index (κ1) is 20.6. The Balaban J connectivity index is 1.46. The van der Waals surface area contributed by atoms with E-state index in [1.54, 1.807) is 0 Å². The summed E-state index contributed by atoms with van der Waals surface area (Å²) in [5.74, 6) is 2.05. The van der Waals surface area contributed by atoms with Gasteiger partial charge in [0.2, 0.25) is 0 Å². The van der Waals surface area contributed by atoms with E-state index >= 15 is 0 Å². The molecule has 162 valence electrons. The van der Waals surface area contributed by atoms with Crippen LogP contribution in [-0.4, -0.2) is 56.4 Å². The second-order valence-electron chi connectivity index (χ2n) is 7.97. The predicted molar refractivity (Wildman–Crippen MR) is 122 cm³/mol. The summed E-state index contributed by atoms with van der Waals surface area (Å²) in [6, 6.07) is 4.22. The number of nitrogens with two attached hydrogens (primary N) is 1. The average molecular weight is 536 g/mol. The minimum Gasteiger partial charge on any atom is -0.493 e. The lowest BCUT2D eigenvalue weighted by Gasteiger charge is -2.15. The second-order valence-corrected chi connectivity index (χ2v) is 9.14. The smallest absolute Gasteiger partial charge is 0.312 e. The molecule has 3 aromatic rings. The highest BCUT2D eigenvalue weighted by Crippen LogP contribution is 2.31. The van der Waals surface area contributed by atoms with Crippen LogP contribution in [0.4, 0.5) is 10.2 Å². The van der Waals surface area contributed by atoms with Crippen LogP contribution in [0.5, 0.6) is 5.75 Å². The van der Waals surface area contributed by atoms with Crippen molar-refractivity contribution in [1.29, 1.82) is 0 Å². The van der Waals surface area contributed by atoms with E-state index in [0.29, 0.717) is 43.7 Å². The summed E-state index contributed by atoms with van der Waals surface area (Å²) in [6.45, 7) is 3.42. The van der Waals surface area contributed by atoms with Crippen molar-refractivity contribution in [3.8, 4) is 5.75 Å². The maximum absolute atomic E-state index is 13.9. The molecule has 4 heterocycles. The van der Waals surface area contributed by atoms with E-state index < -0.39 is 6.08 Å². The Labute approximate surface area is 192 Å². The summed E-state index contributed by atoms with van der Waals surface area (Å²) in [4.78, 5) is 26.0. The van der Waals surface area contributed by atoms with E-state index in [2.05, 4.69) is 54.6 Å².